The van der Waals surface area contributed by atoms with Crippen molar-refractivity contribution in [2.75, 3.05) is 5.32 Å². The molecule has 1 atom stereocenters. The molecule has 0 amide bonds. The van der Waals surface area contributed by atoms with Crippen LogP contribution in [0.4, 0.5) is 23.4 Å². The molecule has 5 nitrogen and oxygen atoms in total. The third-order valence-electron chi connectivity index (χ3n) is 3.79. The van der Waals surface area contributed by atoms with Crippen molar-refractivity contribution in [3.63, 3.8) is 0 Å². The topological polar surface area (TPSA) is 66.5 Å². The molecule has 0 spiro atoms. The van der Waals surface area contributed by atoms with Gasteiger partial charge >= 0.3 is 6.18 Å². The first-order valence-corrected chi connectivity index (χ1v) is 7.50. The van der Waals surface area contributed by atoms with Crippen LogP contribution in [0.25, 0.3) is 11.0 Å². The molecule has 0 bridgehead atoms. The zero-order chi connectivity index (χ0) is 18.2. The second-order valence-electron chi connectivity index (χ2n) is 5.66. The van der Waals surface area contributed by atoms with Gasteiger partial charge in [-0.15, -0.1) is 12.4 Å². The molecule has 3 heterocycles. The Morgan fingerprint density at radius 3 is 2.58 bits per heavy atom. The second kappa shape index (κ2) is 7.45. The van der Waals surface area contributed by atoms with Gasteiger partial charge in [0.1, 0.15) is 29.7 Å². The van der Waals surface area contributed by atoms with Gasteiger partial charge in [0.2, 0.25) is 0 Å². The number of hydrogen-bond acceptors (Lipinski definition) is 4. The second-order valence-corrected chi connectivity index (χ2v) is 5.66. The van der Waals surface area contributed by atoms with E-state index in [-0.39, 0.29) is 24.6 Å². The van der Waals surface area contributed by atoms with Crippen LogP contribution >= 0.6 is 12.4 Å². The average molecular weight is 390 g/mol. The zero-order valence-corrected chi connectivity index (χ0v) is 14.7. The Bertz CT molecular complexity index is 907. The van der Waals surface area contributed by atoms with Crippen molar-refractivity contribution in [3.05, 3.63) is 47.2 Å². The first-order valence-electron chi connectivity index (χ1n) is 7.50. The first kappa shape index (κ1) is 19.9. The fourth-order valence-corrected chi connectivity index (χ4v) is 2.54. The van der Waals surface area contributed by atoms with Gasteiger partial charge in [-0.25, -0.2) is 19.3 Å². The molecule has 3 rings (SSSR count). The fourth-order valence-electron chi connectivity index (χ4n) is 2.54. The molecule has 140 valence electrons. The molecule has 0 saturated carbocycles. The minimum atomic E-state index is -4.45. The maximum Gasteiger partial charge on any atom is 0.431 e. The molecule has 10 heteroatoms. The highest BCUT2D eigenvalue weighted by Crippen LogP contribution is 2.30. The Hall–Kier alpha value is -2.42. The lowest BCUT2D eigenvalue weighted by atomic mass is 10.1. The number of aromatic nitrogens is 4. The van der Waals surface area contributed by atoms with E-state index >= 15 is 0 Å². The maximum absolute atomic E-state index is 13.5. The number of H-pyrrole nitrogens is 1. The highest BCUT2D eigenvalue weighted by molar-refractivity contribution is 5.85. The van der Waals surface area contributed by atoms with E-state index in [1.165, 1.54) is 19.4 Å². The summed E-state index contributed by atoms with van der Waals surface area (Å²) in [6, 6.07) is 2.63. The van der Waals surface area contributed by atoms with Crippen molar-refractivity contribution in [1.82, 2.24) is 19.9 Å². The smallest absolute Gasteiger partial charge is 0.366 e. The van der Waals surface area contributed by atoms with E-state index < -0.39 is 18.0 Å². The van der Waals surface area contributed by atoms with Gasteiger partial charge in [-0.1, -0.05) is 0 Å². The summed E-state index contributed by atoms with van der Waals surface area (Å²) in [6.07, 6.45) is -2.93. The van der Waals surface area contributed by atoms with Crippen LogP contribution in [0.5, 0.6) is 0 Å². The lowest BCUT2D eigenvalue weighted by Crippen LogP contribution is -2.07. The number of fused-ring (bicyclic) bond motifs is 1. The van der Waals surface area contributed by atoms with Gasteiger partial charge in [0.05, 0.1) is 5.69 Å². The van der Waals surface area contributed by atoms with Gasteiger partial charge < -0.3 is 10.3 Å². The van der Waals surface area contributed by atoms with Crippen molar-refractivity contribution < 1.29 is 17.6 Å². The van der Waals surface area contributed by atoms with Gasteiger partial charge in [0.15, 0.2) is 0 Å². The number of nitrogens with zero attached hydrogens (tertiary/aromatic N) is 3. The predicted molar refractivity (Wildman–Crippen MR) is 92.0 cm³/mol. The molecule has 0 fully saturated rings. The number of halogens is 5. The number of nitrogens with one attached hydrogen (secondary N) is 2. The highest BCUT2D eigenvalue weighted by Gasteiger charge is 2.32. The molecule has 0 aliphatic heterocycles. The van der Waals surface area contributed by atoms with Crippen LogP contribution in [0.3, 0.4) is 0 Å². The summed E-state index contributed by atoms with van der Waals surface area (Å²) in [5.74, 6) is 0.472. The molecule has 0 radical (unpaired) electrons. The molecule has 26 heavy (non-hydrogen) atoms. The largest absolute Gasteiger partial charge is 0.431 e. The zero-order valence-electron chi connectivity index (χ0n) is 13.9. The summed E-state index contributed by atoms with van der Waals surface area (Å²) in [5.41, 5.74) is 0.892. The lowest BCUT2D eigenvalue weighted by Gasteiger charge is -2.12. The number of anilines is 1. The van der Waals surface area contributed by atoms with Crippen LogP contribution in [0, 0.1) is 6.92 Å². The van der Waals surface area contributed by atoms with Gasteiger partial charge in [-0.3, -0.25) is 0 Å². The summed E-state index contributed by atoms with van der Waals surface area (Å²) < 4.78 is 51.7. The summed E-state index contributed by atoms with van der Waals surface area (Å²) in [4.78, 5) is 14.2. The van der Waals surface area contributed by atoms with E-state index in [9.17, 15) is 17.6 Å². The minimum Gasteiger partial charge on any atom is -0.366 e. The van der Waals surface area contributed by atoms with Crippen LogP contribution in [0.15, 0.2) is 24.7 Å². The number of hydrogen-bond donors (Lipinski definition) is 2. The van der Waals surface area contributed by atoms with Crippen LogP contribution in [-0.2, 0) is 12.7 Å². The Labute approximate surface area is 152 Å². The van der Waals surface area contributed by atoms with E-state index in [4.69, 9.17) is 0 Å². The monoisotopic (exact) mass is 389 g/mol. The molecule has 0 saturated heterocycles. The predicted octanol–water partition coefficient (Wildman–Crippen LogP) is 4.74. The normalized spacial score (nSPS) is 12.7. The molecule has 0 aliphatic rings. The summed E-state index contributed by atoms with van der Waals surface area (Å²) in [5, 5.41) is 3.40. The van der Waals surface area contributed by atoms with Gasteiger partial charge in [-0.05, 0) is 31.5 Å². The number of rotatable bonds is 4. The van der Waals surface area contributed by atoms with E-state index in [0.29, 0.717) is 28.0 Å². The van der Waals surface area contributed by atoms with Crippen molar-refractivity contribution in [3.8, 4) is 0 Å². The average Bonchev–Trinajstić information content (AvgIpc) is 2.97. The Balaban J connectivity index is 0.00000243. The van der Waals surface area contributed by atoms with Gasteiger partial charge in [0, 0.05) is 23.7 Å². The Morgan fingerprint density at radius 2 is 1.92 bits per heavy atom. The van der Waals surface area contributed by atoms with Crippen LogP contribution < -0.4 is 5.32 Å². The molecular formula is C16H16ClF4N5. The Kier molecular flexibility index (Phi) is 5.70. The number of aromatic amines is 1. The molecule has 0 aliphatic carbocycles. The third kappa shape index (κ3) is 4.04. The van der Waals surface area contributed by atoms with Crippen molar-refractivity contribution >= 4 is 29.3 Å². The molecule has 3 aromatic heterocycles. The lowest BCUT2D eigenvalue weighted by molar-refractivity contribution is -0.140. The van der Waals surface area contributed by atoms with Crippen molar-refractivity contribution in [1.29, 1.82) is 0 Å². The van der Waals surface area contributed by atoms with Crippen LogP contribution in [-0.4, -0.2) is 19.9 Å². The van der Waals surface area contributed by atoms with E-state index in [1.54, 1.807) is 13.0 Å². The van der Waals surface area contributed by atoms with E-state index in [1.807, 2.05) is 0 Å². The molecule has 1 unspecified atom stereocenters. The van der Waals surface area contributed by atoms with Gasteiger partial charge in [-0.2, -0.15) is 13.2 Å². The van der Waals surface area contributed by atoms with Crippen molar-refractivity contribution in [2.45, 2.75) is 32.7 Å². The van der Waals surface area contributed by atoms with Crippen LogP contribution in [0.2, 0.25) is 0 Å². The maximum atomic E-state index is 13.5. The van der Waals surface area contributed by atoms with E-state index in [2.05, 4.69) is 25.3 Å². The minimum absolute atomic E-state index is 0. The van der Waals surface area contributed by atoms with Crippen LogP contribution in [0.1, 0.15) is 35.6 Å². The molecule has 2 N–H and O–H groups in total. The molecule has 0 aromatic carbocycles. The quantitative estimate of drug-likeness (QED) is 0.632. The Morgan fingerprint density at radius 1 is 1.19 bits per heavy atom. The highest BCUT2D eigenvalue weighted by atomic mass is 35.5. The molecular weight excluding hydrogens is 374 g/mol. The number of alkyl halides is 4. The SMILES string of the molecule is Cc1c(NCc2cnc3[nH]c(C(F)(F)F)cc3c2)ncnc1C(C)F.Cl. The van der Waals surface area contributed by atoms with Gasteiger partial charge in [0.25, 0.3) is 0 Å². The first-order chi connectivity index (χ1) is 11.8. The summed E-state index contributed by atoms with van der Waals surface area (Å²) >= 11 is 0. The third-order valence-corrected chi connectivity index (χ3v) is 3.79. The molecule has 3 aromatic rings. The standard InChI is InChI=1S/C16H15F4N5.ClH/c1-8-13(9(2)17)23-7-24-14(8)21-5-10-3-11-4-12(16(18,19)20)25-15(11)22-6-10;/h3-4,6-7,9H,5H2,1-2H3,(H,22,25)(H,21,23,24);1H. The van der Waals surface area contributed by atoms with E-state index in [0.717, 1.165) is 6.07 Å². The summed E-state index contributed by atoms with van der Waals surface area (Å²) in [7, 11) is 0. The summed E-state index contributed by atoms with van der Waals surface area (Å²) in [6.45, 7) is 3.38. The fraction of sp³-hybridized carbons (Fsp3) is 0.312. The number of pyridine rings is 1. The van der Waals surface area contributed by atoms with Crippen molar-refractivity contribution in [2.24, 2.45) is 0 Å².